The van der Waals surface area contributed by atoms with Crippen LogP contribution in [0.1, 0.15) is 26.3 Å². The van der Waals surface area contributed by atoms with Gasteiger partial charge in [-0.25, -0.2) is 13.2 Å². The number of aryl methyl sites for hydroxylation is 1. The van der Waals surface area contributed by atoms with Crippen molar-refractivity contribution in [1.82, 2.24) is 4.90 Å². The fourth-order valence-electron chi connectivity index (χ4n) is 2.88. The molecule has 2 aliphatic heterocycles. The number of rotatable bonds is 2. The number of amides is 1. The minimum atomic E-state index is -3.64. The van der Waals surface area contributed by atoms with Gasteiger partial charge in [0.1, 0.15) is 5.60 Å². The van der Waals surface area contributed by atoms with Crippen molar-refractivity contribution >= 4 is 15.9 Å². The first-order valence-corrected chi connectivity index (χ1v) is 9.31. The highest BCUT2D eigenvalue weighted by Crippen LogP contribution is 2.38. The normalized spacial score (nSPS) is 22.7. The molecule has 5 nitrogen and oxygen atoms in total. The summed E-state index contributed by atoms with van der Waals surface area (Å²) in [6.07, 6.45) is 4.69. The molecule has 0 fully saturated rings. The maximum Gasteiger partial charge on any atom is 0.411 e. The van der Waals surface area contributed by atoms with Gasteiger partial charge in [0.15, 0.2) is 0 Å². The monoisotopic (exact) mass is 347 g/mol. The van der Waals surface area contributed by atoms with E-state index in [2.05, 4.69) is 0 Å². The van der Waals surface area contributed by atoms with Crippen molar-refractivity contribution in [1.29, 1.82) is 0 Å². The van der Waals surface area contributed by atoms with Crippen LogP contribution >= 0.6 is 0 Å². The van der Waals surface area contributed by atoms with E-state index in [4.69, 9.17) is 4.74 Å². The van der Waals surface area contributed by atoms with E-state index in [1.165, 1.54) is 4.90 Å². The molecule has 0 saturated carbocycles. The van der Waals surface area contributed by atoms with E-state index in [0.717, 1.165) is 5.56 Å². The summed E-state index contributed by atoms with van der Waals surface area (Å²) in [5.74, 6) is 0. The molecule has 6 heteroatoms. The predicted octanol–water partition coefficient (Wildman–Crippen LogP) is 3.21. The summed E-state index contributed by atoms with van der Waals surface area (Å²) in [4.78, 5) is 14.4. The van der Waals surface area contributed by atoms with E-state index in [-0.39, 0.29) is 15.8 Å². The second-order valence-corrected chi connectivity index (χ2v) is 9.04. The highest BCUT2D eigenvalue weighted by atomic mass is 32.2. The molecule has 0 radical (unpaired) electrons. The third-order valence-electron chi connectivity index (χ3n) is 3.98. The first-order valence-electron chi connectivity index (χ1n) is 7.83. The lowest BCUT2D eigenvalue weighted by molar-refractivity contribution is 0.0245. The van der Waals surface area contributed by atoms with Crippen LogP contribution in [-0.2, 0) is 14.6 Å². The van der Waals surface area contributed by atoms with Gasteiger partial charge in [0.05, 0.1) is 21.9 Å². The van der Waals surface area contributed by atoms with Gasteiger partial charge in [-0.15, -0.1) is 0 Å². The highest BCUT2D eigenvalue weighted by molar-refractivity contribution is 7.95. The zero-order valence-electron chi connectivity index (χ0n) is 14.2. The second-order valence-electron chi connectivity index (χ2n) is 7.09. The van der Waals surface area contributed by atoms with Crippen molar-refractivity contribution in [2.75, 3.05) is 0 Å². The van der Waals surface area contributed by atoms with Crippen molar-refractivity contribution in [2.45, 2.75) is 50.3 Å². The van der Waals surface area contributed by atoms with Crippen LogP contribution in [0.15, 0.2) is 52.3 Å². The molecule has 0 aliphatic carbocycles. The van der Waals surface area contributed by atoms with Crippen LogP contribution in [0, 0.1) is 6.92 Å². The van der Waals surface area contributed by atoms with Crippen LogP contribution in [0.2, 0.25) is 0 Å². The van der Waals surface area contributed by atoms with Gasteiger partial charge in [-0.3, -0.25) is 4.90 Å². The van der Waals surface area contributed by atoms with E-state index in [1.54, 1.807) is 57.2 Å². The van der Waals surface area contributed by atoms with Crippen LogP contribution in [0.4, 0.5) is 4.79 Å². The molecular weight excluding hydrogens is 326 g/mol. The second kappa shape index (κ2) is 5.48. The minimum absolute atomic E-state index is 0.240. The minimum Gasteiger partial charge on any atom is -0.444 e. The lowest BCUT2D eigenvalue weighted by atomic mass is 10.2. The average molecular weight is 347 g/mol. The van der Waals surface area contributed by atoms with Gasteiger partial charge < -0.3 is 4.74 Å². The third-order valence-corrected chi connectivity index (χ3v) is 5.87. The molecule has 2 atom stereocenters. The Kier molecular flexibility index (Phi) is 3.83. The number of carbonyl (C=O) groups is 1. The zero-order valence-corrected chi connectivity index (χ0v) is 15.0. The first-order chi connectivity index (χ1) is 11.1. The summed E-state index contributed by atoms with van der Waals surface area (Å²) >= 11 is 0. The number of sulfone groups is 1. The number of fused-ring (bicyclic) bond motifs is 2. The summed E-state index contributed by atoms with van der Waals surface area (Å²) in [6.45, 7) is 7.26. The van der Waals surface area contributed by atoms with Crippen LogP contribution in [0.3, 0.4) is 0 Å². The molecule has 2 aliphatic rings. The third kappa shape index (κ3) is 2.86. The first kappa shape index (κ1) is 16.8. The van der Waals surface area contributed by atoms with E-state index < -0.39 is 27.6 Å². The molecule has 3 rings (SSSR count). The van der Waals surface area contributed by atoms with Crippen LogP contribution in [-0.4, -0.2) is 37.1 Å². The van der Waals surface area contributed by atoms with Crippen molar-refractivity contribution < 1.29 is 17.9 Å². The summed E-state index contributed by atoms with van der Waals surface area (Å²) in [6, 6.07) is 5.75. The molecule has 2 bridgehead atoms. The van der Waals surface area contributed by atoms with Crippen molar-refractivity contribution in [2.24, 2.45) is 0 Å². The van der Waals surface area contributed by atoms with Gasteiger partial charge in [0.2, 0.25) is 9.84 Å². The number of hydrogen-bond donors (Lipinski definition) is 0. The summed E-state index contributed by atoms with van der Waals surface area (Å²) in [5, 5.41) is 0. The van der Waals surface area contributed by atoms with Gasteiger partial charge in [0.25, 0.3) is 0 Å². The Balaban J connectivity index is 1.88. The number of hydrogen-bond acceptors (Lipinski definition) is 4. The Labute approximate surface area is 142 Å². The molecule has 24 heavy (non-hydrogen) atoms. The smallest absolute Gasteiger partial charge is 0.411 e. The molecule has 2 heterocycles. The summed E-state index contributed by atoms with van der Waals surface area (Å²) < 4.78 is 31.2. The van der Waals surface area contributed by atoms with E-state index >= 15 is 0 Å². The Morgan fingerprint density at radius 2 is 1.75 bits per heavy atom. The Hall–Kier alpha value is -2.08. The molecule has 1 amide bonds. The van der Waals surface area contributed by atoms with Crippen LogP contribution < -0.4 is 0 Å². The molecule has 0 aromatic heterocycles. The summed E-state index contributed by atoms with van der Waals surface area (Å²) in [5.41, 5.74) is 0.362. The lowest BCUT2D eigenvalue weighted by Crippen LogP contribution is -2.41. The standard InChI is InChI=1S/C18H21NO4S/c1-12-5-8-14(9-6-12)24(21,22)16-11-13-7-10-15(16)19(13)17(20)23-18(2,3)4/h5-11,13,15H,1-4H3/t13-,15-/m0/s1. The Morgan fingerprint density at radius 1 is 1.12 bits per heavy atom. The van der Waals surface area contributed by atoms with Crippen LogP contribution in [0.25, 0.3) is 0 Å². The summed E-state index contributed by atoms with van der Waals surface area (Å²) in [7, 11) is -3.64. The van der Waals surface area contributed by atoms with E-state index in [0.29, 0.717) is 0 Å². The predicted molar refractivity (Wildman–Crippen MR) is 91.2 cm³/mol. The van der Waals surface area contributed by atoms with Crippen molar-refractivity contribution in [3.8, 4) is 0 Å². The highest BCUT2D eigenvalue weighted by Gasteiger charge is 2.46. The Bertz CT molecular complexity index is 829. The van der Waals surface area contributed by atoms with Crippen molar-refractivity contribution in [3.63, 3.8) is 0 Å². The molecule has 1 aromatic carbocycles. The molecule has 0 unspecified atom stereocenters. The molecule has 1 aromatic rings. The van der Waals surface area contributed by atoms with Gasteiger partial charge in [0, 0.05) is 0 Å². The topological polar surface area (TPSA) is 63.7 Å². The Morgan fingerprint density at radius 3 is 2.33 bits per heavy atom. The molecule has 0 spiro atoms. The quantitative estimate of drug-likeness (QED) is 0.771. The lowest BCUT2D eigenvalue weighted by Gasteiger charge is -2.28. The zero-order chi connectivity index (χ0) is 17.7. The van der Waals surface area contributed by atoms with E-state index in [1.807, 2.05) is 13.0 Å². The number of ether oxygens (including phenoxy) is 1. The fraction of sp³-hybridized carbons (Fsp3) is 0.389. The molecule has 128 valence electrons. The largest absolute Gasteiger partial charge is 0.444 e. The van der Waals surface area contributed by atoms with Gasteiger partial charge in [-0.2, -0.15) is 0 Å². The SMILES string of the molecule is Cc1ccc(S(=O)(=O)C2=C[C@@H]3C=C[C@@H]2N3C(=O)OC(C)(C)C)cc1. The number of benzene rings is 1. The van der Waals surface area contributed by atoms with Crippen LogP contribution in [0.5, 0.6) is 0 Å². The average Bonchev–Trinajstić information content (AvgIpc) is 3.04. The molecule has 0 saturated heterocycles. The number of nitrogens with zero attached hydrogens (tertiary/aromatic N) is 1. The molecular formula is C18H21NO4S. The van der Waals surface area contributed by atoms with Gasteiger partial charge >= 0.3 is 6.09 Å². The van der Waals surface area contributed by atoms with E-state index in [9.17, 15) is 13.2 Å². The van der Waals surface area contributed by atoms with Gasteiger partial charge in [-0.05, 0) is 45.9 Å². The maximum atomic E-state index is 12.9. The number of carbonyl (C=O) groups excluding carboxylic acids is 1. The maximum absolute atomic E-state index is 12.9. The van der Waals surface area contributed by atoms with Gasteiger partial charge in [-0.1, -0.05) is 29.8 Å². The van der Waals surface area contributed by atoms with Crippen molar-refractivity contribution in [3.05, 3.63) is 53.0 Å². The molecule has 0 N–H and O–H groups in total. The fourth-order valence-corrected chi connectivity index (χ4v) is 4.47.